The smallest absolute Gasteiger partial charge is 0.405 e. The lowest BCUT2D eigenvalue weighted by Gasteiger charge is -2.39. The Hall–Kier alpha value is -7.17. The van der Waals surface area contributed by atoms with Crippen molar-refractivity contribution in [1.82, 2.24) is 25.4 Å². The largest absolute Gasteiger partial charge is 0.465 e. The normalized spacial score (nSPS) is 22.3. The van der Waals surface area contributed by atoms with Crippen molar-refractivity contribution in [3.8, 4) is 11.1 Å². The van der Waals surface area contributed by atoms with Crippen LogP contribution < -0.4 is 31.9 Å². The molecule has 3 saturated heterocycles. The van der Waals surface area contributed by atoms with Gasteiger partial charge < -0.3 is 51.9 Å². The van der Waals surface area contributed by atoms with Crippen LogP contribution in [0.4, 0.5) is 21.1 Å². The molecule has 7 rings (SSSR count). The van der Waals surface area contributed by atoms with E-state index in [1.54, 1.807) is 27.7 Å². The molecule has 68 heavy (non-hydrogen) atoms. The fourth-order valence-corrected chi connectivity index (χ4v) is 10.7. The Balaban J connectivity index is 1.24. The molecule has 0 spiro atoms. The van der Waals surface area contributed by atoms with Crippen molar-refractivity contribution in [2.45, 2.75) is 101 Å². The first-order valence-corrected chi connectivity index (χ1v) is 23.3. The zero-order valence-electron chi connectivity index (χ0n) is 39.5. The summed E-state index contributed by atoms with van der Waals surface area (Å²) in [5.74, 6) is -2.30. The number of nitrogens with zero attached hydrogens (tertiary/aromatic N) is 5. The van der Waals surface area contributed by atoms with Gasteiger partial charge in [-0.05, 0) is 102 Å². The molecule has 3 fully saturated rings. The monoisotopic (exact) mass is 929 g/mol. The van der Waals surface area contributed by atoms with Crippen LogP contribution >= 0.6 is 0 Å². The number of nitrogens with two attached hydrogens (primary N) is 2. The molecule has 6 atom stereocenters. The predicted molar refractivity (Wildman–Crippen MR) is 257 cm³/mol. The van der Waals surface area contributed by atoms with Gasteiger partial charge in [0.25, 0.3) is 0 Å². The van der Waals surface area contributed by atoms with Gasteiger partial charge in [-0.15, -0.1) is 0 Å². The molecule has 0 aliphatic carbocycles. The maximum Gasteiger partial charge on any atom is 0.405 e. The summed E-state index contributed by atoms with van der Waals surface area (Å²) in [6, 6.07) is 25.2. The number of benzene rings is 3. The number of carbonyl (C=O) groups excluding carboxylic acids is 4. The molecule has 3 aromatic carbocycles. The second-order valence-corrected chi connectivity index (χ2v) is 19.1. The van der Waals surface area contributed by atoms with E-state index in [-0.39, 0.29) is 37.0 Å². The van der Waals surface area contributed by atoms with E-state index in [4.69, 9.17) is 11.5 Å². The van der Waals surface area contributed by atoms with Gasteiger partial charge in [0, 0.05) is 44.6 Å². The molecule has 4 heterocycles. The van der Waals surface area contributed by atoms with Crippen molar-refractivity contribution in [2.24, 2.45) is 23.3 Å². The van der Waals surface area contributed by atoms with Crippen molar-refractivity contribution < 1.29 is 39.0 Å². The fourth-order valence-electron chi connectivity index (χ4n) is 10.7. The lowest BCUT2D eigenvalue weighted by Crippen LogP contribution is -2.59. The highest BCUT2D eigenvalue weighted by Gasteiger charge is 2.53. The molecule has 3 aliphatic rings. The summed E-state index contributed by atoms with van der Waals surface area (Å²) >= 11 is 0. The zero-order chi connectivity index (χ0) is 49.2. The van der Waals surface area contributed by atoms with E-state index in [1.807, 2.05) is 85.9 Å². The molecule has 4 aromatic rings. The number of aromatic nitrogens is 1. The fraction of sp³-hybridized carbons (Fsp3) is 0.431. The van der Waals surface area contributed by atoms with Gasteiger partial charge in [-0.3, -0.25) is 19.2 Å². The number of pyridine rings is 1. The Labute approximate surface area is 396 Å². The van der Waals surface area contributed by atoms with Gasteiger partial charge in [0.2, 0.25) is 23.6 Å². The molecular formula is C51H63N9O8. The molecule has 17 nitrogen and oxygen atoms in total. The summed E-state index contributed by atoms with van der Waals surface area (Å²) < 4.78 is 0. The molecule has 8 N–H and O–H groups in total. The highest BCUT2D eigenvalue weighted by molar-refractivity contribution is 5.96. The summed E-state index contributed by atoms with van der Waals surface area (Å²) in [6.07, 6.45) is 2.26. The number of carboxylic acid groups (broad SMARTS) is 2. The standard InChI is InChI=1S/C51H63N9O8/c1-30(2)42(55-48(65)66)44(61)58-27-7-25-50(58,46(52)63)36-16-9-33(10-17-36)39-22-23-40(60(39)38-20-13-32(14-21-38)35-15-24-41(54-29-35)57(5)6)34-11-18-37(19-12-34)51(47(53)64)26-8-28-59(51)45(62)43(31(3)4)56-49(67)68/h9-21,24,29-31,39-40,42-43,55-56H,7-8,22-23,25-28H2,1-6H3,(H2,52,63)(H2,53,64)(H,65,66)(H,67,68)/t39-,40?,42+,43+,50+,51+/m1/s1. The van der Waals surface area contributed by atoms with E-state index < -0.39 is 59.0 Å². The number of likely N-dealkylation sites (tertiary alicyclic amines) is 2. The van der Waals surface area contributed by atoms with Gasteiger partial charge in [0.1, 0.15) is 29.0 Å². The molecule has 6 amide bonds. The lowest BCUT2D eigenvalue weighted by atomic mass is 9.84. The Morgan fingerprint density at radius 3 is 1.38 bits per heavy atom. The minimum Gasteiger partial charge on any atom is -0.465 e. The van der Waals surface area contributed by atoms with E-state index in [9.17, 15) is 39.0 Å². The second kappa shape index (κ2) is 19.6. The van der Waals surface area contributed by atoms with Crippen LogP contribution in [0.5, 0.6) is 0 Å². The van der Waals surface area contributed by atoms with E-state index in [0.29, 0.717) is 36.8 Å². The molecule has 0 saturated carbocycles. The summed E-state index contributed by atoms with van der Waals surface area (Å²) in [5.41, 5.74) is 15.3. The van der Waals surface area contributed by atoms with Crippen LogP contribution in [0, 0.1) is 11.8 Å². The molecule has 3 aliphatic heterocycles. The third kappa shape index (κ3) is 9.00. The number of carbonyl (C=O) groups is 6. The highest BCUT2D eigenvalue weighted by atomic mass is 16.4. The molecule has 0 radical (unpaired) electrons. The number of rotatable bonds is 15. The summed E-state index contributed by atoms with van der Waals surface area (Å²) in [6.45, 7) is 7.46. The van der Waals surface area contributed by atoms with Gasteiger partial charge in [0.15, 0.2) is 0 Å². The van der Waals surface area contributed by atoms with Crippen LogP contribution in [0.25, 0.3) is 11.1 Å². The van der Waals surface area contributed by atoms with Crippen LogP contribution in [0.2, 0.25) is 0 Å². The number of hydrogen-bond donors (Lipinski definition) is 6. The first-order valence-electron chi connectivity index (χ1n) is 23.3. The molecule has 1 aromatic heterocycles. The van der Waals surface area contributed by atoms with Crippen LogP contribution in [-0.2, 0) is 30.3 Å². The van der Waals surface area contributed by atoms with Gasteiger partial charge in [-0.1, -0.05) is 88.4 Å². The Bertz CT molecular complexity index is 2390. The van der Waals surface area contributed by atoms with E-state index in [0.717, 1.165) is 46.6 Å². The first kappa shape index (κ1) is 48.8. The van der Waals surface area contributed by atoms with Crippen molar-refractivity contribution in [3.63, 3.8) is 0 Å². The van der Waals surface area contributed by atoms with Crippen molar-refractivity contribution in [1.29, 1.82) is 0 Å². The van der Waals surface area contributed by atoms with Crippen LogP contribution in [0.15, 0.2) is 91.1 Å². The van der Waals surface area contributed by atoms with E-state index in [2.05, 4.69) is 44.8 Å². The Kier molecular flexibility index (Phi) is 14.0. The first-order chi connectivity index (χ1) is 32.3. The van der Waals surface area contributed by atoms with Crippen molar-refractivity contribution in [3.05, 3.63) is 113 Å². The van der Waals surface area contributed by atoms with Crippen LogP contribution in [0.1, 0.15) is 101 Å². The second-order valence-electron chi connectivity index (χ2n) is 19.1. The number of nitrogens with one attached hydrogen (secondary N) is 2. The van der Waals surface area contributed by atoms with Crippen molar-refractivity contribution in [2.75, 3.05) is 37.0 Å². The maximum absolute atomic E-state index is 14.0. The lowest BCUT2D eigenvalue weighted by molar-refractivity contribution is -0.146. The molecular weight excluding hydrogens is 867 g/mol. The highest BCUT2D eigenvalue weighted by Crippen LogP contribution is 2.49. The number of anilines is 2. The SMILES string of the molecule is CC(C)[C@H](NC(=O)O)C(=O)N1CCC[C@@]1(C(N)=O)c1ccc(C2CC[C@H](c3ccc([C@]4(C(N)=O)CCCN4C(=O)[C@@H](NC(=O)O)C(C)C)cc3)N2c2ccc(-c3ccc(N(C)C)nc3)cc2)cc1. The minimum atomic E-state index is -1.47. The average Bonchev–Trinajstić information content (AvgIpc) is 4.08. The third-order valence-electron chi connectivity index (χ3n) is 14.2. The summed E-state index contributed by atoms with van der Waals surface area (Å²) in [7, 11) is 3.88. The quantitative estimate of drug-likeness (QED) is 0.0797. The third-order valence-corrected chi connectivity index (χ3v) is 14.2. The van der Waals surface area contributed by atoms with Gasteiger partial charge in [-0.25, -0.2) is 14.6 Å². The topological polar surface area (TPSA) is 245 Å². The van der Waals surface area contributed by atoms with Crippen molar-refractivity contribution >= 4 is 47.3 Å². The predicted octanol–water partition coefficient (Wildman–Crippen LogP) is 6.09. The number of primary amides is 2. The molecule has 17 heteroatoms. The molecule has 360 valence electrons. The number of hydrogen-bond acceptors (Lipinski definition) is 9. The molecule has 1 unspecified atom stereocenters. The summed E-state index contributed by atoms with van der Waals surface area (Å²) in [4.78, 5) is 90.3. The van der Waals surface area contributed by atoms with Gasteiger partial charge in [-0.2, -0.15) is 0 Å². The summed E-state index contributed by atoms with van der Waals surface area (Å²) in [5, 5.41) is 23.8. The average molecular weight is 930 g/mol. The maximum atomic E-state index is 14.0. The number of amides is 6. The van der Waals surface area contributed by atoms with E-state index >= 15 is 0 Å². The van der Waals surface area contributed by atoms with Crippen LogP contribution in [-0.4, -0.2) is 100 Å². The Morgan fingerprint density at radius 1 is 0.632 bits per heavy atom. The molecule has 0 bridgehead atoms. The van der Waals surface area contributed by atoms with Crippen LogP contribution in [0.3, 0.4) is 0 Å². The van der Waals surface area contributed by atoms with Gasteiger partial charge in [0.05, 0.1) is 12.1 Å². The minimum absolute atomic E-state index is 0.147. The van der Waals surface area contributed by atoms with E-state index in [1.165, 1.54) is 9.80 Å². The zero-order valence-corrected chi connectivity index (χ0v) is 39.5. The Morgan fingerprint density at radius 2 is 1.04 bits per heavy atom. The van der Waals surface area contributed by atoms with Gasteiger partial charge >= 0.3 is 12.2 Å².